The molecule has 0 aromatic heterocycles. The highest BCUT2D eigenvalue weighted by Gasteiger charge is 2.27. The van der Waals surface area contributed by atoms with Crippen LogP contribution in [-0.4, -0.2) is 53.2 Å². The molecule has 0 aliphatic heterocycles. The molecule has 0 aromatic carbocycles. The summed E-state index contributed by atoms with van der Waals surface area (Å²) in [5.74, 6) is 4.83. The maximum absolute atomic E-state index is 8.08. The zero-order chi connectivity index (χ0) is 20.9. The molecule has 2 aliphatic rings. The summed E-state index contributed by atoms with van der Waals surface area (Å²) < 4.78 is 0. The number of hydrogen-bond donors (Lipinski definition) is 4. The Morgan fingerprint density at radius 2 is 1.38 bits per heavy atom. The summed E-state index contributed by atoms with van der Waals surface area (Å²) in [4.78, 5) is 0. The highest BCUT2D eigenvalue weighted by atomic mass is 32.2. The standard InChI is InChI=1S/C23H44N4S2/c1-18-9-11-21(18)28-15-13-26-17-20(24)7-5-3-4-6-8-23(25)27-14-16-29-22-12-10-19(22)2/h18-19,21-22,24,26H,3-17H2,1-2H3,(H2,25,27). The molecule has 0 bridgehead atoms. The van der Waals surface area contributed by atoms with Gasteiger partial charge in [0.05, 0.1) is 5.84 Å². The molecule has 168 valence electrons. The molecule has 6 heteroatoms. The largest absolute Gasteiger partial charge is 0.373 e. The highest BCUT2D eigenvalue weighted by molar-refractivity contribution is 8.00. The van der Waals surface area contributed by atoms with Gasteiger partial charge in [-0.2, -0.15) is 23.5 Å². The van der Waals surface area contributed by atoms with Crippen LogP contribution in [0.2, 0.25) is 0 Å². The Bertz CT molecular complexity index is 485. The Kier molecular flexibility index (Phi) is 12.7. The van der Waals surface area contributed by atoms with E-state index in [1.54, 1.807) is 0 Å². The van der Waals surface area contributed by atoms with Gasteiger partial charge in [-0.05, 0) is 56.8 Å². The van der Waals surface area contributed by atoms with Crippen LogP contribution in [0, 0.1) is 22.7 Å². The number of rotatable bonds is 17. The Morgan fingerprint density at radius 3 is 1.93 bits per heavy atom. The maximum Gasteiger partial charge on any atom is 0.0931 e. The zero-order valence-electron chi connectivity index (χ0n) is 18.7. The molecule has 2 aliphatic carbocycles. The molecular formula is C23H44N4S2. The summed E-state index contributed by atoms with van der Waals surface area (Å²) in [6.07, 6.45) is 12.0. The lowest BCUT2D eigenvalue weighted by atomic mass is 9.87. The first kappa shape index (κ1) is 25.1. The number of nitrogens with one attached hydrogen (secondary N) is 4. The van der Waals surface area contributed by atoms with Crippen LogP contribution in [-0.2, 0) is 0 Å². The summed E-state index contributed by atoms with van der Waals surface area (Å²) in [6.45, 7) is 7.44. The Morgan fingerprint density at radius 1 is 0.793 bits per heavy atom. The topological polar surface area (TPSA) is 71.8 Å². The van der Waals surface area contributed by atoms with Gasteiger partial charge in [-0.25, -0.2) is 0 Å². The monoisotopic (exact) mass is 440 g/mol. The fourth-order valence-electron chi connectivity index (χ4n) is 3.87. The van der Waals surface area contributed by atoms with Crippen molar-refractivity contribution in [2.45, 2.75) is 88.6 Å². The minimum absolute atomic E-state index is 0.707. The van der Waals surface area contributed by atoms with E-state index in [0.717, 1.165) is 79.1 Å². The maximum atomic E-state index is 8.08. The molecule has 2 saturated carbocycles. The quantitative estimate of drug-likeness (QED) is 0.136. The summed E-state index contributed by atoms with van der Waals surface area (Å²) in [6, 6.07) is 0. The SMILES string of the molecule is CC1CCC1SCCNCC(=N)CCCCCCC(=N)NCCSC1CCC1C. The lowest BCUT2D eigenvalue weighted by Gasteiger charge is -2.33. The molecule has 0 amide bonds. The van der Waals surface area contributed by atoms with E-state index >= 15 is 0 Å². The first-order valence-electron chi connectivity index (χ1n) is 11.9. The van der Waals surface area contributed by atoms with Gasteiger partial charge in [0.25, 0.3) is 0 Å². The molecule has 0 spiro atoms. The van der Waals surface area contributed by atoms with E-state index < -0.39 is 0 Å². The van der Waals surface area contributed by atoms with Crippen molar-refractivity contribution in [3.05, 3.63) is 0 Å². The lowest BCUT2D eigenvalue weighted by Crippen LogP contribution is -2.29. The first-order valence-corrected chi connectivity index (χ1v) is 14.0. The van der Waals surface area contributed by atoms with Crippen molar-refractivity contribution in [3.8, 4) is 0 Å². The molecule has 0 saturated heterocycles. The van der Waals surface area contributed by atoms with Crippen LogP contribution in [0.25, 0.3) is 0 Å². The second kappa shape index (κ2) is 14.7. The molecule has 29 heavy (non-hydrogen) atoms. The Balaban J connectivity index is 1.29. The second-order valence-electron chi connectivity index (χ2n) is 9.03. The van der Waals surface area contributed by atoms with E-state index in [-0.39, 0.29) is 0 Å². The summed E-state index contributed by atoms with van der Waals surface area (Å²) in [5, 5.41) is 24.6. The highest BCUT2D eigenvalue weighted by Crippen LogP contribution is 2.37. The van der Waals surface area contributed by atoms with Gasteiger partial charge in [0.1, 0.15) is 0 Å². The van der Waals surface area contributed by atoms with Gasteiger partial charge in [0.2, 0.25) is 0 Å². The van der Waals surface area contributed by atoms with E-state index in [0.29, 0.717) is 5.84 Å². The van der Waals surface area contributed by atoms with E-state index in [1.807, 2.05) is 0 Å². The van der Waals surface area contributed by atoms with Gasteiger partial charge in [-0.15, -0.1) is 0 Å². The minimum Gasteiger partial charge on any atom is -0.373 e. The Labute approximate surface area is 187 Å². The van der Waals surface area contributed by atoms with Gasteiger partial charge in [-0.3, -0.25) is 5.41 Å². The summed E-state index contributed by atoms with van der Waals surface area (Å²) in [7, 11) is 0. The van der Waals surface area contributed by atoms with Crippen LogP contribution in [0.15, 0.2) is 0 Å². The molecule has 2 fully saturated rings. The fraction of sp³-hybridized carbons (Fsp3) is 0.913. The lowest BCUT2D eigenvalue weighted by molar-refractivity contribution is 0.362. The molecular weight excluding hydrogens is 396 g/mol. The van der Waals surface area contributed by atoms with Crippen molar-refractivity contribution >= 4 is 35.1 Å². The molecule has 0 aromatic rings. The van der Waals surface area contributed by atoms with Gasteiger partial charge in [0.15, 0.2) is 0 Å². The average molecular weight is 441 g/mol. The van der Waals surface area contributed by atoms with Crippen molar-refractivity contribution in [1.82, 2.24) is 10.6 Å². The number of unbranched alkanes of at least 4 members (excludes halogenated alkanes) is 3. The van der Waals surface area contributed by atoms with Gasteiger partial charge >= 0.3 is 0 Å². The number of amidine groups is 1. The van der Waals surface area contributed by atoms with Gasteiger partial charge in [0, 0.05) is 53.8 Å². The van der Waals surface area contributed by atoms with Gasteiger partial charge < -0.3 is 16.0 Å². The van der Waals surface area contributed by atoms with E-state index in [4.69, 9.17) is 10.8 Å². The molecule has 4 unspecified atom stereocenters. The van der Waals surface area contributed by atoms with Crippen LogP contribution in [0.5, 0.6) is 0 Å². The van der Waals surface area contributed by atoms with Crippen molar-refractivity contribution in [3.63, 3.8) is 0 Å². The predicted molar refractivity (Wildman–Crippen MR) is 133 cm³/mol. The third kappa shape index (κ3) is 10.6. The van der Waals surface area contributed by atoms with E-state index in [1.165, 1.54) is 44.3 Å². The molecule has 2 rings (SSSR count). The van der Waals surface area contributed by atoms with Gasteiger partial charge in [-0.1, -0.05) is 26.7 Å². The van der Waals surface area contributed by atoms with E-state index in [9.17, 15) is 0 Å². The molecule has 4 atom stereocenters. The van der Waals surface area contributed by atoms with E-state index in [2.05, 4.69) is 48.0 Å². The Hall–Kier alpha value is -0.200. The number of thioether (sulfide) groups is 2. The van der Waals surface area contributed by atoms with Crippen LogP contribution in [0.3, 0.4) is 0 Å². The summed E-state index contributed by atoms with van der Waals surface area (Å²) in [5.41, 5.74) is 0.847. The van der Waals surface area contributed by atoms with Crippen LogP contribution < -0.4 is 10.6 Å². The van der Waals surface area contributed by atoms with Crippen molar-refractivity contribution in [1.29, 1.82) is 10.8 Å². The van der Waals surface area contributed by atoms with Crippen molar-refractivity contribution in [2.24, 2.45) is 11.8 Å². The predicted octanol–water partition coefficient (Wildman–Crippen LogP) is 5.57. The second-order valence-corrected chi connectivity index (χ2v) is 11.7. The third-order valence-corrected chi connectivity index (χ3v) is 9.60. The van der Waals surface area contributed by atoms with Crippen LogP contribution in [0.4, 0.5) is 0 Å². The van der Waals surface area contributed by atoms with Crippen molar-refractivity contribution in [2.75, 3.05) is 31.1 Å². The fourth-order valence-corrected chi connectivity index (χ4v) is 6.49. The third-order valence-electron chi connectivity index (χ3n) is 6.46. The van der Waals surface area contributed by atoms with Crippen LogP contribution >= 0.6 is 23.5 Å². The summed E-state index contributed by atoms with van der Waals surface area (Å²) >= 11 is 4.18. The molecule has 0 heterocycles. The van der Waals surface area contributed by atoms with Crippen molar-refractivity contribution < 1.29 is 0 Å². The number of hydrogen-bond acceptors (Lipinski definition) is 5. The normalized spacial score (nSPS) is 25.9. The molecule has 4 nitrogen and oxygen atoms in total. The average Bonchev–Trinajstić information content (AvgIpc) is 2.70. The van der Waals surface area contributed by atoms with Crippen LogP contribution in [0.1, 0.15) is 78.1 Å². The molecule has 0 radical (unpaired) electrons. The molecule has 4 N–H and O–H groups in total. The minimum atomic E-state index is 0.707. The zero-order valence-corrected chi connectivity index (χ0v) is 20.4. The first-order chi connectivity index (χ1) is 14.1. The smallest absolute Gasteiger partial charge is 0.0931 e.